The minimum absolute atomic E-state index is 0.122. The molecule has 3 rings (SSSR count). The van der Waals surface area contributed by atoms with E-state index in [1.807, 2.05) is 23.1 Å². The normalized spacial score (nSPS) is 14.6. The topological polar surface area (TPSA) is 61.4 Å². The van der Waals surface area contributed by atoms with Crippen LogP contribution < -0.4 is 10.2 Å². The zero-order valence-electron chi connectivity index (χ0n) is 13.8. The molecule has 0 spiro atoms. The molecule has 1 aromatic heterocycles. The third kappa shape index (κ3) is 3.84. The van der Waals surface area contributed by atoms with Crippen molar-refractivity contribution >= 4 is 39.3 Å². The molecule has 1 aliphatic rings. The Labute approximate surface area is 150 Å². The average molecular weight is 390 g/mol. The third-order valence-corrected chi connectivity index (χ3v) is 4.97. The molecule has 6 nitrogen and oxygen atoms in total. The van der Waals surface area contributed by atoms with Gasteiger partial charge >= 0.3 is 0 Å². The Balaban J connectivity index is 1.70. The highest BCUT2D eigenvalue weighted by atomic mass is 79.9. The summed E-state index contributed by atoms with van der Waals surface area (Å²) in [5.41, 5.74) is 2.15. The molecule has 0 bridgehead atoms. The Kier molecular flexibility index (Phi) is 4.99. The van der Waals surface area contributed by atoms with Crippen molar-refractivity contribution in [3.05, 3.63) is 40.5 Å². The van der Waals surface area contributed by atoms with Crippen molar-refractivity contribution in [1.82, 2.24) is 14.9 Å². The van der Waals surface area contributed by atoms with Crippen LogP contribution in [0.2, 0.25) is 0 Å². The number of piperazine rings is 1. The number of aromatic nitrogens is 2. The zero-order chi connectivity index (χ0) is 17.1. The molecule has 1 N–H and O–H groups in total. The van der Waals surface area contributed by atoms with E-state index in [4.69, 9.17) is 0 Å². The maximum Gasteiger partial charge on any atom is 0.227 e. The molecule has 2 heterocycles. The lowest BCUT2D eigenvalue weighted by Crippen LogP contribution is -2.48. The van der Waals surface area contributed by atoms with E-state index >= 15 is 0 Å². The molecule has 0 aliphatic carbocycles. The van der Waals surface area contributed by atoms with E-state index in [0.29, 0.717) is 19.0 Å². The number of nitrogens with one attached hydrogen (secondary N) is 1. The maximum absolute atomic E-state index is 11.4. The first-order valence-electron chi connectivity index (χ1n) is 7.89. The number of hydrogen-bond donors (Lipinski definition) is 1. The SMILES string of the molecule is CC(=O)N1CCN(c2nccc(Nc3ccc(Br)c(C)c3)n2)CC1. The number of aryl methyl sites for hydroxylation is 1. The summed E-state index contributed by atoms with van der Waals surface area (Å²) in [6.45, 7) is 6.58. The summed E-state index contributed by atoms with van der Waals surface area (Å²) in [6.07, 6.45) is 1.76. The fourth-order valence-corrected chi connectivity index (χ4v) is 2.91. The number of hydrogen-bond acceptors (Lipinski definition) is 5. The van der Waals surface area contributed by atoms with E-state index in [-0.39, 0.29) is 5.91 Å². The fourth-order valence-electron chi connectivity index (χ4n) is 2.66. The van der Waals surface area contributed by atoms with Crippen molar-refractivity contribution in [2.75, 3.05) is 36.4 Å². The highest BCUT2D eigenvalue weighted by Crippen LogP contribution is 2.23. The van der Waals surface area contributed by atoms with Gasteiger partial charge in [0.2, 0.25) is 11.9 Å². The monoisotopic (exact) mass is 389 g/mol. The van der Waals surface area contributed by atoms with Gasteiger partial charge in [-0.2, -0.15) is 4.98 Å². The smallest absolute Gasteiger partial charge is 0.227 e. The van der Waals surface area contributed by atoms with E-state index in [0.717, 1.165) is 34.6 Å². The Morgan fingerprint density at radius 2 is 1.96 bits per heavy atom. The van der Waals surface area contributed by atoms with Crippen molar-refractivity contribution in [3.8, 4) is 0 Å². The van der Waals surface area contributed by atoms with Crippen LogP contribution >= 0.6 is 15.9 Å². The van der Waals surface area contributed by atoms with Crippen LogP contribution in [0.3, 0.4) is 0 Å². The number of nitrogens with zero attached hydrogens (tertiary/aromatic N) is 4. The fraction of sp³-hybridized carbons (Fsp3) is 0.353. The van der Waals surface area contributed by atoms with Crippen LogP contribution in [0.25, 0.3) is 0 Å². The molecule has 24 heavy (non-hydrogen) atoms. The van der Waals surface area contributed by atoms with Crippen molar-refractivity contribution in [2.24, 2.45) is 0 Å². The number of amides is 1. The predicted octanol–water partition coefficient (Wildman–Crippen LogP) is 2.96. The van der Waals surface area contributed by atoms with Crippen LogP contribution in [-0.4, -0.2) is 47.0 Å². The number of rotatable bonds is 3. The van der Waals surface area contributed by atoms with Gasteiger partial charge in [0.1, 0.15) is 5.82 Å². The van der Waals surface area contributed by atoms with Gasteiger partial charge in [-0.3, -0.25) is 4.79 Å². The molecule has 126 valence electrons. The van der Waals surface area contributed by atoms with Crippen LogP contribution in [0, 0.1) is 6.92 Å². The number of carbonyl (C=O) groups excluding carboxylic acids is 1. The molecule has 2 aromatic rings. The van der Waals surface area contributed by atoms with Crippen LogP contribution in [0.15, 0.2) is 34.9 Å². The van der Waals surface area contributed by atoms with Gasteiger partial charge in [0, 0.05) is 49.5 Å². The van der Waals surface area contributed by atoms with Gasteiger partial charge in [-0.1, -0.05) is 15.9 Å². The largest absolute Gasteiger partial charge is 0.340 e. The van der Waals surface area contributed by atoms with Crippen molar-refractivity contribution in [3.63, 3.8) is 0 Å². The minimum Gasteiger partial charge on any atom is -0.340 e. The zero-order valence-corrected chi connectivity index (χ0v) is 15.4. The lowest BCUT2D eigenvalue weighted by Gasteiger charge is -2.34. The second-order valence-electron chi connectivity index (χ2n) is 5.82. The highest BCUT2D eigenvalue weighted by molar-refractivity contribution is 9.10. The molecule has 1 aromatic carbocycles. The highest BCUT2D eigenvalue weighted by Gasteiger charge is 2.20. The summed E-state index contributed by atoms with van der Waals surface area (Å²) < 4.78 is 1.08. The van der Waals surface area contributed by atoms with Crippen molar-refractivity contribution in [2.45, 2.75) is 13.8 Å². The second-order valence-corrected chi connectivity index (χ2v) is 6.68. The quantitative estimate of drug-likeness (QED) is 0.873. The average Bonchev–Trinajstić information content (AvgIpc) is 2.58. The van der Waals surface area contributed by atoms with Gasteiger partial charge in [-0.25, -0.2) is 4.98 Å². The summed E-state index contributed by atoms with van der Waals surface area (Å²) in [5, 5.41) is 3.32. The lowest BCUT2D eigenvalue weighted by molar-refractivity contribution is -0.129. The molecule has 0 atom stereocenters. The Morgan fingerprint density at radius 1 is 1.21 bits per heavy atom. The first-order valence-corrected chi connectivity index (χ1v) is 8.69. The molecule has 0 unspecified atom stereocenters. The molecule has 1 fully saturated rings. The molecule has 0 saturated carbocycles. The minimum atomic E-state index is 0.122. The second kappa shape index (κ2) is 7.17. The molecule has 0 radical (unpaired) electrons. The first kappa shape index (κ1) is 16.7. The summed E-state index contributed by atoms with van der Waals surface area (Å²) >= 11 is 3.51. The molecule has 7 heteroatoms. The third-order valence-electron chi connectivity index (χ3n) is 4.08. The van der Waals surface area contributed by atoms with E-state index in [9.17, 15) is 4.79 Å². The molecular formula is C17H20BrN5O. The summed E-state index contributed by atoms with van der Waals surface area (Å²) in [4.78, 5) is 24.3. The van der Waals surface area contributed by atoms with Crippen LogP contribution in [-0.2, 0) is 4.79 Å². The first-order chi connectivity index (χ1) is 11.5. The van der Waals surface area contributed by atoms with Gasteiger partial charge in [-0.15, -0.1) is 0 Å². The summed E-state index contributed by atoms with van der Waals surface area (Å²) in [5.74, 6) is 1.57. The maximum atomic E-state index is 11.4. The number of halogens is 1. The van der Waals surface area contributed by atoms with Gasteiger partial charge in [-0.05, 0) is 36.8 Å². The number of benzene rings is 1. The van der Waals surface area contributed by atoms with Crippen LogP contribution in [0.1, 0.15) is 12.5 Å². The predicted molar refractivity (Wildman–Crippen MR) is 98.7 cm³/mol. The summed E-state index contributed by atoms with van der Waals surface area (Å²) in [6, 6.07) is 7.94. The van der Waals surface area contributed by atoms with E-state index < -0.39 is 0 Å². The Morgan fingerprint density at radius 3 is 2.62 bits per heavy atom. The van der Waals surface area contributed by atoms with Gasteiger partial charge < -0.3 is 15.1 Å². The van der Waals surface area contributed by atoms with Gasteiger partial charge in [0.05, 0.1) is 0 Å². The van der Waals surface area contributed by atoms with Gasteiger partial charge in [0.15, 0.2) is 0 Å². The lowest BCUT2D eigenvalue weighted by atomic mass is 10.2. The molecular weight excluding hydrogens is 370 g/mol. The molecule has 1 saturated heterocycles. The van der Waals surface area contributed by atoms with E-state index in [1.165, 1.54) is 0 Å². The molecule has 1 amide bonds. The standard InChI is InChI=1S/C17H20BrN5O/c1-12-11-14(3-4-15(12)18)20-16-5-6-19-17(21-16)23-9-7-22(8-10-23)13(2)24/h3-6,11H,7-10H2,1-2H3,(H,19,20,21). The van der Waals surface area contributed by atoms with Crippen molar-refractivity contribution < 1.29 is 4.79 Å². The van der Waals surface area contributed by atoms with E-state index in [2.05, 4.69) is 49.1 Å². The Hall–Kier alpha value is -2.15. The van der Waals surface area contributed by atoms with Crippen molar-refractivity contribution in [1.29, 1.82) is 0 Å². The Bertz CT molecular complexity index is 744. The van der Waals surface area contributed by atoms with Crippen LogP contribution in [0.4, 0.5) is 17.5 Å². The number of carbonyl (C=O) groups is 1. The van der Waals surface area contributed by atoms with Crippen LogP contribution in [0.5, 0.6) is 0 Å². The number of anilines is 3. The van der Waals surface area contributed by atoms with Gasteiger partial charge in [0.25, 0.3) is 0 Å². The molecule has 1 aliphatic heterocycles. The van der Waals surface area contributed by atoms with E-state index in [1.54, 1.807) is 13.1 Å². The summed E-state index contributed by atoms with van der Waals surface area (Å²) in [7, 11) is 0.